The number of amides is 1. The van der Waals surface area contributed by atoms with Crippen LogP contribution in [0.1, 0.15) is 56.0 Å². The van der Waals surface area contributed by atoms with Gasteiger partial charge in [0.2, 0.25) is 15.9 Å². The smallest absolute Gasteiger partial charge is 0.240 e. The highest BCUT2D eigenvalue weighted by molar-refractivity contribution is 7.89. The van der Waals surface area contributed by atoms with Crippen molar-refractivity contribution in [2.75, 3.05) is 11.9 Å². The molecule has 0 radical (unpaired) electrons. The fraction of sp³-hybridized carbons (Fsp3) is 0.364. The quantitative estimate of drug-likeness (QED) is 0.610. The van der Waals surface area contributed by atoms with E-state index in [0.717, 1.165) is 24.8 Å². The van der Waals surface area contributed by atoms with E-state index >= 15 is 0 Å². The number of rotatable bonds is 8. The van der Waals surface area contributed by atoms with Crippen LogP contribution in [0, 0.1) is 6.92 Å². The number of aromatic nitrogens is 1. The van der Waals surface area contributed by atoms with Gasteiger partial charge in [-0.15, -0.1) is 0 Å². The zero-order chi connectivity index (χ0) is 21.6. The highest BCUT2D eigenvalue weighted by Gasteiger charge is 2.14. The second-order valence-electron chi connectivity index (χ2n) is 7.35. The molecule has 0 saturated heterocycles. The molecule has 2 N–H and O–H groups in total. The maximum atomic E-state index is 12.5. The van der Waals surface area contributed by atoms with Crippen LogP contribution in [-0.4, -0.2) is 26.0 Å². The van der Waals surface area contributed by atoms with Crippen LogP contribution in [0.15, 0.2) is 45.3 Å². The Labute approximate surface area is 177 Å². The monoisotopic (exact) mass is 429 g/mol. The van der Waals surface area contributed by atoms with Gasteiger partial charge in [0, 0.05) is 13.5 Å². The lowest BCUT2D eigenvalue weighted by Crippen LogP contribution is -2.25. The maximum absolute atomic E-state index is 12.5. The van der Waals surface area contributed by atoms with Crippen LogP contribution in [0.4, 0.5) is 5.69 Å². The van der Waals surface area contributed by atoms with Gasteiger partial charge in [-0.1, -0.05) is 35.0 Å². The number of carbonyl (C=O) groups excluding carboxylic acids is 1. The molecule has 0 atom stereocenters. The normalized spacial score (nSPS) is 14.7. The molecule has 1 aromatic heterocycles. The molecular formula is C22H27N3O4S. The number of benzene rings is 1. The van der Waals surface area contributed by atoms with Crippen molar-refractivity contribution >= 4 is 33.8 Å². The van der Waals surface area contributed by atoms with Crippen LogP contribution >= 0.6 is 0 Å². The largest absolute Gasteiger partial charge is 0.354 e. The summed E-state index contributed by atoms with van der Waals surface area (Å²) in [4.78, 5) is 11.5. The van der Waals surface area contributed by atoms with E-state index in [1.165, 1.54) is 25.3 Å². The van der Waals surface area contributed by atoms with Crippen molar-refractivity contribution in [3.8, 4) is 0 Å². The molecule has 0 unspecified atom stereocenters. The lowest BCUT2D eigenvalue weighted by molar-refractivity contribution is -0.114. The van der Waals surface area contributed by atoms with E-state index in [-0.39, 0.29) is 10.8 Å². The Kier molecular flexibility index (Phi) is 7.23. The van der Waals surface area contributed by atoms with Gasteiger partial charge in [0.25, 0.3) is 0 Å². The molecule has 0 spiro atoms. The Morgan fingerprint density at radius 1 is 1.20 bits per heavy atom. The molecule has 8 heteroatoms. The first-order chi connectivity index (χ1) is 14.3. The highest BCUT2D eigenvalue weighted by atomic mass is 32.2. The summed E-state index contributed by atoms with van der Waals surface area (Å²) in [5, 5.41) is 6.55. The molecule has 0 saturated carbocycles. The minimum absolute atomic E-state index is 0.210. The van der Waals surface area contributed by atoms with Crippen molar-refractivity contribution in [1.82, 2.24) is 9.88 Å². The predicted molar refractivity (Wildman–Crippen MR) is 117 cm³/mol. The van der Waals surface area contributed by atoms with Gasteiger partial charge in [-0.2, -0.15) is 0 Å². The zero-order valence-corrected chi connectivity index (χ0v) is 18.1. The number of allylic oxidation sites excluding steroid dienone is 1. The van der Waals surface area contributed by atoms with Gasteiger partial charge in [0.15, 0.2) is 5.76 Å². The molecule has 1 amide bonds. The second-order valence-corrected chi connectivity index (χ2v) is 9.11. The third-order valence-corrected chi connectivity index (χ3v) is 6.41. The first-order valence-corrected chi connectivity index (χ1v) is 11.5. The number of aryl methyl sites for hydroxylation is 1. The summed E-state index contributed by atoms with van der Waals surface area (Å²) in [5.41, 5.74) is 3.24. The Morgan fingerprint density at radius 2 is 1.97 bits per heavy atom. The van der Waals surface area contributed by atoms with Crippen LogP contribution in [0.5, 0.6) is 0 Å². The lowest BCUT2D eigenvalue weighted by Gasteiger charge is -2.13. The number of anilines is 1. The van der Waals surface area contributed by atoms with Crippen molar-refractivity contribution in [3.05, 3.63) is 52.9 Å². The molecular weight excluding hydrogens is 402 g/mol. The molecule has 160 valence electrons. The number of nitrogens with one attached hydrogen (secondary N) is 2. The van der Waals surface area contributed by atoms with E-state index in [1.54, 1.807) is 43.3 Å². The Balaban J connectivity index is 1.62. The van der Waals surface area contributed by atoms with Crippen molar-refractivity contribution < 1.29 is 17.7 Å². The number of sulfonamides is 1. The maximum Gasteiger partial charge on any atom is 0.240 e. The van der Waals surface area contributed by atoms with Crippen molar-refractivity contribution in [1.29, 1.82) is 0 Å². The third kappa shape index (κ3) is 5.90. The Bertz CT molecular complexity index is 1050. The van der Waals surface area contributed by atoms with E-state index in [2.05, 4.69) is 21.3 Å². The van der Waals surface area contributed by atoms with Crippen LogP contribution in [0.25, 0.3) is 12.2 Å². The number of hydrogen-bond acceptors (Lipinski definition) is 5. The highest BCUT2D eigenvalue weighted by Crippen LogP contribution is 2.23. The summed E-state index contributed by atoms with van der Waals surface area (Å²) < 4.78 is 32.9. The van der Waals surface area contributed by atoms with Crippen LogP contribution in [-0.2, 0) is 14.8 Å². The fourth-order valence-electron chi connectivity index (χ4n) is 3.32. The van der Waals surface area contributed by atoms with Gasteiger partial charge < -0.3 is 9.84 Å². The van der Waals surface area contributed by atoms with Crippen LogP contribution in [0.3, 0.4) is 0 Å². The topological polar surface area (TPSA) is 101 Å². The van der Waals surface area contributed by atoms with Crippen LogP contribution in [0.2, 0.25) is 0 Å². The first kappa shape index (κ1) is 22.0. The van der Waals surface area contributed by atoms with E-state index in [4.69, 9.17) is 4.52 Å². The Morgan fingerprint density at radius 3 is 2.63 bits per heavy atom. The summed E-state index contributed by atoms with van der Waals surface area (Å²) in [6, 6.07) is 6.58. The third-order valence-electron chi connectivity index (χ3n) is 4.93. The van der Waals surface area contributed by atoms with Crippen molar-refractivity contribution in [2.45, 2.75) is 50.8 Å². The molecule has 7 nitrogen and oxygen atoms in total. The molecule has 2 aromatic rings. The fourth-order valence-corrected chi connectivity index (χ4v) is 4.35. The SMILES string of the molecule is CC(=O)Nc1c(C)noc1/C=C\c1ccc(S(=O)(=O)NCCC2=CCCCC2)cc1. The minimum Gasteiger partial charge on any atom is -0.354 e. The summed E-state index contributed by atoms with van der Waals surface area (Å²) >= 11 is 0. The molecule has 1 aromatic carbocycles. The summed E-state index contributed by atoms with van der Waals surface area (Å²) in [6.07, 6.45) is 11.0. The van der Waals surface area contributed by atoms with Crippen LogP contribution < -0.4 is 10.0 Å². The number of nitrogens with zero attached hydrogens (tertiary/aromatic N) is 1. The summed E-state index contributed by atoms with van der Waals surface area (Å²) in [5.74, 6) is 0.218. The number of hydrogen-bond donors (Lipinski definition) is 2. The molecule has 3 rings (SSSR count). The molecule has 30 heavy (non-hydrogen) atoms. The predicted octanol–water partition coefficient (Wildman–Crippen LogP) is 4.28. The molecule has 1 aliphatic carbocycles. The van der Waals surface area contributed by atoms with Gasteiger partial charge in [0.05, 0.1) is 4.90 Å². The molecule has 0 bridgehead atoms. The van der Waals surface area contributed by atoms with Gasteiger partial charge >= 0.3 is 0 Å². The summed E-state index contributed by atoms with van der Waals surface area (Å²) in [6.45, 7) is 3.56. The molecule has 1 aliphatic rings. The number of carbonyl (C=O) groups is 1. The standard InChI is InChI=1S/C22H27N3O4S/c1-16-22(24-17(2)26)21(29-25-16)13-10-19-8-11-20(12-9-19)30(27,28)23-15-14-18-6-4-3-5-7-18/h6,8-13,23H,3-5,7,14-15H2,1-2H3,(H,24,26)/b13-10-. The zero-order valence-electron chi connectivity index (χ0n) is 17.3. The minimum atomic E-state index is -3.54. The Hall–Kier alpha value is -2.71. The van der Waals surface area contributed by atoms with E-state index in [9.17, 15) is 13.2 Å². The second kappa shape index (κ2) is 9.86. The van der Waals surface area contributed by atoms with Gasteiger partial charge in [-0.25, -0.2) is 13.1 Å². The first-order valence-electron chi connectivity index (χ1n) is 10.0. The van der Waals surface area contributed by atoms with E-state index < -0.39 is 10.0 Å². The van der Waals surface area contributed by atoms with Gasteiger partial charge in [0.1, 0.15) is 11.4 Å². The average Bonchev–Trinajstić information content (AvgIpc) is 3.06. The van der Waals surface area contributed by atoms with Gasteiger partial charge in [-0.05, 0) is 62.8 Å². The molecule has 0 fully saturated rings. The van der Waals surface area contributed by atoms with E-state index in [0.29, 0.717) is 23.7 Å². The molecule has 1 heterocycles. The lowest BCUT2D eigenvalue weighted by atomic mass is 9.97. The average molecular weight is 430 g/mol. The molecule has 0 aliphatic heterocycles. The summed E-state index contributed by atoms with van der Waals surface area (Å²) in [7, 11) is -3.54. The van der Waals surface area contributed by atoms with Gasteiger partial charge in [-0.3, -0.25) is 4.79 Å². The van der Waals surface area contributed by atoms with Crippen molar-refractivity contribution in [2.24, 2.45) is 0 Å². The van der Waals surface area contributed by atoms with Crippen molar-refractivity contribution in [3.63, 3.8) is 0 Å². The van der Waals surface area contributed by atoms with E-state index in [1.807, 2.05) is 0 Å².